The van der Waals surface area contributed by atoms with Gasteiger partial charge in [-0.2, -0.15) is 5.10 Å². The van der Waals surface area contributed by atoms with E-state index >= 15 is 0 Å². The number of aryl methyl sites for hydroxylation is 1. The van der Waals surface area contributed by atoms with E-state index in [1.807, 2.05) is 33.7 Å². The third kappa shape index (κ3) is 4.17. The maximum absolute atomic E-state index is 13.3. The first-order chi connectivity index (χ1) is 15.0. The van der Waals surface area contributed by atoms with E-state index in [-0.39, 0.29) is 17.9 Å². The van der Waals surface area contributed by atoms with E-state index in [0.29, 0.717) is 16.9 Å². The van der Waals surface area contributed by atoms with Gasteiger partial charge in [0.15, 0.2) is 5.65 Å². The van der Waals surface area contributed by atoms with E-state index in [2.05, 4.69) is 24.1 Å². The molecule has 31 heavy (non-hydrogen) atoms. The summed E-state index contributed by atoms with van der Waals surface area (Å²) in [6, 6.07) is 11.3. The number of amides is 2. The van der Waals surface area contributed by atoms with Crippen LogP contribution < -0.4 is 5.32 Å². The van der Waals surface area contributed by atoms with Crippen molar-refractivity contribution < 1.29 is 9.59 Å². The molecule has 2 aromatic heterocycles. The summed E-state index contributed by atoms with van der Waals surface area (Å²) in [5.74, 6) is -0.119. The number of nitrogens with one attached hydrogen (secondary N) is 1. The molecule has 0 bridgehead atoms. The highest BCUT2D eigenvalue weighted by atomic mass is 16.2. The summed E-state index contributed by atoms with van der Waals surface area (Å²) < 4.78 is 1.81. The van der Waals surface area contributed by atoms with Crippen LogP contribution in [0.4, 0.5) is 0 Å². The number of carbonyl (C=O) groups is 2. The van der Waals surface area contributed by atoms with Gasteiger partial charge in [0.25, 0.3) is 11.8 Å². The van der Waals surface area contributed by atoms with Crippen LogP contribution in [0, 0.1) is 0 Å². The van der Waals surface area contributed by atoms with Crippen molar-refractivity contribution in [3.63, 3.8) is 0 Å². The second kappa shape index (κ2) is 8.88. The minimum Gasteiger partial charge on any atom is -0.355 e. The molecule has 1 N–H and O–H groups in total. The lowest BCUT2D eigenvalue weighted by atomic mass is 10.1. The van der Waals surface area contributed by atoms with Gasteiger partial charge in [-0.15, -0.1) is 0 Å². The molecule has 2 amide bonds. The van der Waals surface area contributed by atoms with Gasteiger partial charge in [-0.05, 0) is 44.4 Å². The maximum Gasteiger partial charge on any atom is 0.272 e. The first-order valence-electron chi connectivity index (χ1n) is 11.0. The van der Waals surface area contributed by atoms with Crippen molar-refractivity contribution in [2.45, 2.75) is 52.0 Å². The van der Waals surface area contributed by atoms with E-state index in [1.54, 1.807) is 19.2 Å². The van der Waals surface area contributed by atoms with Gasteiger partial charge in [0.05, 0.1) is 5.69 Å². The molecule has 0 spiro atoms. The Morgan fingerprint density at radius 3 is 2.61 bits per heavy atom. The quantitative estimate of drug-likeness (QED) is 0.699. The normalized spacial score (nSPS) is 16.9. The monoisotopic (exact) mass is 419 g/mol. The molecule has 4 rings (SSSR count). The fourth-order valence-electron chi connectivity index (χ4n) is 4.20. The minimum atomic E-state index is -0.123. The summed E-state index contributed by atoms with van der Waals surface area (Å²) in [6.07, 6.45) is 5.17. The van der Waals surface area contributed by atoms with E-state index in [4.69, 9.17) is 5.10 Å². The topological polar surface area (TPSA) is 79.6 Å². The van der Waals surface area contributed by atoms with Crippen LogP contribution in [-0.4, -0.2) is 50.9 Å². The van der Waals surface area contributed by atoms with Crippen molar-refractivity contribution in [1.29, 1.82) is 0 Å². The van der Waals surface area contributed by atoms with Crippen LogP contribution in [0.25, 0.3) is 16.9 Å². The fraction of sp³-hybridized carbons (Fsp3) is 0.417. The molecule has 3 heterocycles. The molecule has 162 valence electrons. The zero-order valence-electron chi connectivity index (χ0n) is 18.4. The highest BCUT2D eigenvalue weighted by Gasteiger charge is 2.25. The molecule has 0 aliphatic carbocycles. The van der Waals surface area contributed by atoms with Gasteiger partial charge >= 0.3 is 0 Å². The van der Waals surface area contributed by atoms with Gasteiger partial charge < -0.3 is 10.2 Å². The van der Waals surface area contributed by atoms with Gasteiger partial charge in [-0.25, -0.2) is 9.50 Å². The number of fused-ring (bicyclic) bond motifs is 1. The van der Waals surface area contributed by atoms with Crippen LogP contribution in [-0.2, 0) is 6.42 Å². The lowest BCUT2D eigenvalue weighted by molar-refractivity contribution is 0.0691. The van der Waals surface area contributed by atoms with Gasteiger partial charge in [-0.3, -0.25) is 9.59 Å². The summed E-state index contributed by atoms with van der Waals surface area (Å²) in [4.78, 5) is 31.7. The molecule has 0 radical (unpaired) electrons. The molecule has 1 aliphatic rings. The lowest BCUT2D eigenvalue weighted by Gasteiger charge is -2.27. The molecule has 1 aliphatic heterocycles. The Balaban J connectivity index is 1.69. The maximum atomic E-state index is 13.3. The Labute approximate surface area is 182 Å². The molecule has 1 atom stereocenters. The van der Waals surface area contributed by atoms with Crippen LogP contribution in [0.1, 0.15) is 66.1 Å². The summed E-state index contributed by atoms with van der Waals surface area (Å²) >= 11 is 0. The number of likely N-dealkylation sites (tertiary alicyclic amines) is 1. The van der Waals surface area contributed by atoms with E-state index < -0.39 is 0 Å². The van der Waals surface area contributed by atoms with Crippen molar-refractivity contribution in [3.8, 4) is 11.3 Å². The lowest BCUT2D eigenvalue weighted by Crippen LogP contribution is -2.38. The van der Waals surface area contributed by atoms with Crippen molar-refractivity contribution >= 4 is 17.5 Å². The summed E-state index contributed by atoms with van der Waals surface area (Å²) in [5.41, 5.74) is 4.36. The van der Waals surface area contributed by atoms with E-state index in [1.165, 1.54) is 12.8 Å². The number of rotatable bonds is 4. The number of carbonyl (C=O) groups excluding carboxylic acids is 2. The fourth-order valence-corrected chi connectivity index (χ4v) is 4.20. The third-order valence-electron chi connectivity index (χ3n) is 6.07. The van der Waals surface area contributed by atoms with Crippen LogP contribution in [0.5, 0.6) is 0 Å². The zero-order chi connectivity index (χ0) is 22.0. The number of nitrogens with zero attached hydrogens (tertiary/aromatic N) is 4. The molecule has 3 aromatic rings. The Hall–Kier alpha value is -3.22. The Morgan fingerprint density at radius 1 is 1.13 bits per heavy atom. The molecule has 7 nitrogen and oxygen atoms in total. The van der Waals surface area contributed by atoms with Gasteiger partial charge in [0.1, 0.15) is 5.69 Å². The third-order valence-corrected chi connectivity index (χ3v) is 6.07. The van der Waals surface area contributed by atoms with Crippen LogP contribution in [0.15, 0.2) is 36.4 Å². The molecule has 1 aromatic carbocycles. The van der Waals surface area contributed by atoms with Crippen LogP contribution in [0.2, 0.25) is 0 Å². The van der Waals surface area contributed by atoms with Crippen molar-refractivity contribution in [2.24, 2.45) is 0 Å². The molecule has 0 saturated carbocycles. The van der Waals surface area contributed by atoms with E-state index in [9.17, 15) is 9.59 Å². The van der Waals surface area contributed by atoms with E-state index in [0.717, 1.165) is 42.8 Å². The smallest absolute Gasteiger partial charge is 0.272 e. The highest BCUT2D eigenvalue weighted by Crippen LogP contribution is 2.23. The second-order valence-electron chi connectivity index (χ2n) is 8.14. The SMILES string of the molecule is CCc1cc(C(=O)N2CCCCCC2C)nc2cc(-c3ccc(C(=O)NC)cc3)nn12. The predicted molar refractivity (Wildman–Crippen MR) is 120 cm³/mol. The second-order valence-corrected chi connectivity index (χ2v) is 8.14. The first kappa shape index (κ1) is 21.0. The Bertz CT molecular complexity index is 1100. The first-order valence-corrected chi connectivity index (χ1v) is 11.0. The number of benzene rings is 1. The average Bonchev–Trinajstić information content (AvgIpc) is 3.12. The zero-order valence-corrected chi connectivity index (χ0v) is 18.4. The molecule has 1 fully saturated rings. The molecule has 7 heteroatoms. The summed E-state index contributed by atoms with van der Waals surface area (Å²) in [5, 5.41) is 7.34. The Morgan fingerprint density at radius 2 is 1.90 bits per heavy atom. The minimum absolute atomic E-state index is 0.00396. The van der Waals surface area contributed by atoms with Crippen molar-refractivity contribution in [2.75, 3.05) is 13.6 Å². The van der Waals surface area contributed by atoms with Crippen LogP contribution in [0.3, 0.4) is 0 Å². The standard InChI is InChI=1S/C24H29N5O2/c1-4-19-14-21(24(31)28-13-7-5-6-8-16(28)2)26-22-15-20(27-29(19)22)17-9-11-18(12-10-17)23(30)25-3/h9-12,14-16H,4-8,13H2,1-3H3,(H,25,30). The number of hydrogen-bond acceptors (Lipinski definition) is 4. The van der Waals surface area contributed by atoms with Gasteiger partial charge in [0, 0.05) is 42.5 Å². The summed E-state index contributed by atoms with van der Waals surface area (Å²) in [7, 11) is 1.61. The summed E-state index contributed by atoms with van der Waals surface area (Å²) in [6.45, 7) is 4.97. The van der Waals surface area contributed by atoms with Gasteiger partial charge in [0.2, 0.25) is 0 Å². The van der Waals surface area contributed by atoms with Gasteiger partial charge in [-0.1, -0.05) is 31.9 Å². The van der Waals surface area contributed by atoms with Crippen molar-refractivity contribution in [1.82, 2.24) is 24.8 Å². The van der Waals surface area contributed by atoms with Crippen molar-refractivity contribution in [3.05, 3.63) is 53.3 Å². The average molecular weight is 420 g/mol. The number of hydrogen-bond donors (Lipinski definition) is 1. The predicted octanol–water partition coefficient (Wildman–Crippen LogP) is 3.72. The molecule has 1 unspecified atom stereocenters. The molecular weight excluding hydrogens is 390 g/mol. The van der Waals surface area contributed by atoms with Crippen LogP contribution >= 0.6 is 0 Å². The largest absolute Gasteiger partial charge is 0.355 e. The number of aromatic nitrogens is 3. The highest BCUT2D eigenvalue weighted by molar-refractivity contribution is 5.94. The Kier molecular flexibility index (Phi) is 6.02. The molecule has 1 saturated heterocycles. The molecular formula is C24H29N5O2.